The van der Waals surface area contributed by atoms with E-state index in [1.165, 1.54) is 11.5 Å². The number of carbonyl (C=O) groups is 1. The molecule has 0 atom stereocenters. The fourth-order valence-electron chi connectivity index (χ4n) is 1.85. The number of carbonyl (C=O) groups excluding carboxylic acids is 1. The molecular weight excluding hydrogens is 308 g/mol. The maximum atomic E-state index is 12.2. The van der Waals surface area contributed by atoms with E-state index < -0.39 is 0 Å². The molecule has 0 spiro atoms. The summed E-state index contributed by atoms with van der Waals surface area (Å²) in [4.78, 5) is 18.4. The van der Waals surface area contributed by atoms with E-state index in [4.69, 9.17) is 6.42 Å². The molecule has 1 heterocycles. The third kappa shape index (κ3) is 4.54. The highest BCUT2D eigenvalue weighted by Crippen LogP contribution is 2.24. The summed E-state index contributed by atoms with van der Waals surface area (Å²) in [6.45, 7) is 6.37. The van der Waals surface area contributed by atoms with E-state index in [-0.39, 0.29) is 17.9 Å². The molecule has 1 amide bonds. The lowest BCUT2D eigenvalue weighted by Gasteiger charge is -2.16. The molecule has 5 nitrogen and oxygen atoms in total. The lowest BCUT2D eigenvalue weighted by molar-refractivity contribution is -0.114. The lowest BCUT2D eigenvalue weighted by Crippen LogP contribution is -2.30. The topological polar surface area (TPSA) is 58.1 Å². The van der Waals surface area contributed by atoms with Crippen LogP contribution in [0.15, 0.2) is 24.3 Å². The summed E-state index contributed by atoms with van der Waals surface area (Å²) >= 11 is 1.30. The Morgan fingerprint density at radius 2 is 2.17 bits per heavy atom. The van der Waals surface area contributed by atoms with Gasteiger partial charge in [0, 0.05) is 35.2 Å². The number of amides is 1. The van der Waals surface area contributed by atoms with Crippen molar-refractivity contribution in [1.29, 1.82) is 0 Å². The molecule has 2 rings (SSSR count). The number of hydrogen-bond acceptors (Lipinski definition) is 5. The van der Waals surface area contributed by atoms with E-state index in [1.807, 2.05) is 19.2 Å². The highest BCUT2D eigenvalue weighted by Gasteiger charge is 2.21. The second kappa shape index (κ2) is 6.80. The predicted molar refractivity (Wildman–Crippen MR) is 94.9 cm³/mol. The Morgan fingerprint density at radius 1 is 1.43 bits per heavy atom. The van der Waals surface area contributed by atoms with E-state index in [0.29, 0.717) is 5.69 Å². The average Bonchev–Trinajstić information content (AvgIpc) is 2.97. The van der Waals surface area contributed by atoms with E-state index in [1.54, 1.807) is 17.0 Å². The van der Waals surface area contributed by atoms with Crippen molar-refractivity contribution in [3.05, 3.63) is 35.7 Å². The number of rotatable bonds is 4. The summed E-state index contributed by atoms with van der Waals surface area (Å²) in [7, 11) is 1.82. The molecule has 120 valence electrons. The van der Waals surface area contributed by atoms with Crippen LogP contribution in [0.3, 0.4) is 0 Å². The first-order chi connectivity index (χ1) is 10.8. The van der Waals surface area contributed by atoms with Crippen molar-refractivity contribution in [3.63, 3.8) is 0 Å². The van der Waals surface area contributed by atoms with Crippen molar-refractivity contribution in [2.45, 2.75) is 26.2 Å². The van der Waals surface area contributed by atoms with Crippen LogP contribution in [-0.4, -0.2) is 28.9 Å². The highest BCUT2D eigenvalue weighted by molar-refractivity contribution is 7.09. The van der Waals surface area contributed by atoms with Crippen molar-refractivity contribution in [3.8, 4) is 12.3 Å². The standard InChI is InChI=1S/C17H20N4OS/c1-6-12-8-7-9-13(10-12)18-14(22)11-21(5)16-19-15(20-23-16)17(2,3)4/h1,7-10H,11H2,2-5H3,(H,18,22). The van der Waals surface area contributed by atoms with Crippen LogP contribution in [0, 0.1) is 12.3 Å². The van der Waals surface area contributed by atoms with Gasteiger partial charge in [-0.2, -0.15) is 4.37 Å². The summed E-state index contributed by atoms with van der Waals surface area (Å²) in [5.74, 6) is 3.20. The molecule has 0 radical (unpaired) electrons. The molecule has 1 aromatic heterocycles. The number of hydrogen-bond donors (Lipinski definition) is 1. The third-order valence-corrected chi connectivity index (χ3v) is 3.94. The molecule has 6 heteroatoms. The van der Waals surface area contributed by atoms with Gasteiger partial charge >= 0.3 is 0 Å². The average molecular weight is 328 g/mol. The van der Waals surface area contributed by atoms with E-state index >= 15 is 0 Å². The zero-order valence-corrected chi connectivity index (χ0v) is 14.6. The SMILES string of the molecule is C#Cc1cccc(NC(=O)CN(C)c2nc(C(C)(C)C)ns2)c1. The van der Waals surface area contributed by atoms with E-state index in [9.17, 15) is 4.79 Å². The fourth-order valence-corrected chi connectivity index (χ4v) is 2.66. The van der Waals surface area contributed by atoms with Crippen LogP contribution in [0.4, 0.5) is 10.8 Å². The first-order valence-electron chi connectivity index (χ1n) is 7.21. The first-order valence-corrected chi connectivity index (χ1v) is 7.99. The van der Waals surface area contributed by atoms with Crippen molar-refractivity contribution < 1.29 is 4.79 Å². The number of nitrogens with zero attached hydrogens (tertiary/aromatic N) is 3. The van der Waals surface area contributed by atoms with Gasteiger partial charge in [-0.15, -0.1) is 6.42 Å². The second-order valence-electron chi connectivity index (χ2n) is 6.28. The van der Waals surface area contributed by atoms with Gasteiger partial charge in [-0.1, -0.05) is 32.8 Å². The Hall–Kier alpha value is -2.39. The minimum absolute atomic E-state index is 0.104. The number of aromatic nitrogens is 2. The summed E-state index contributed by atoms with van der Waals surface area (Å²) in [5.41, 5.74) is 1.31. The van der Waals surface area contributed by atoms with Crippen molar-refractivity contribution in [1.82, 2.24) is 9.36 Å². The summed E-state index contributed by atoms with van der Waals surface area (Å²) in [5, 5.41) is 3.56. The van der Waals surface area contributed by atoms with Crippen LogP contribution in [0.25, 0.3) is 0 Å². The van der Waals surface area contributed by atoms with Crippen LogP contribution in [0.5, 0.6) is 0 Å². The maximum Gasteiger partial charge on any atom is 0.243 e. The molecule has 1 aromatic carbocycles. The number of likely N-dealkylation sites (N-methyl/N-ethyl adjacent to an activating group) is 1. The minimum atomic E-state index is -0.130. The molecule has 0 aliphatic carbocycles. The van der Waals surface area contributed by atoms with Crippen LogP contribution in [0.1, 0.15) is 32.2 Å². The normalized spacial score (nSPS) is 10.9. The summed E-state index contributed by atoms with van der Waals surface area (Å²) in [6, 6.07) is 7.20. The van der Waals surface area contributed by atoms with Gasteiger partial charge in [0.2, 0.25) is 11.0 Å². The van der Waals surface area contributed by atoms with Crippen LogP contribution in [0.2, 0.25) is 0 Å². The van der Waals surface area contributed by atoms with Crippen LogP contribution >= 0.6 is 11.5 Å². The molecule has 1 N–H and O–H groups in total. The highest BCUT2D eigenvalue weighted by atomic mass is 32.1. The molecule has 0 saturated heterocycles. The molecule has 0 aliphatic rings. The minimum Gasteiger partial charge on any atom is -0.341 e. The number of terminal acetylenes is 1. The molecular formula is C17H20N4OS. The molecule has 0 bridgehead atoms. The number of benzene rings is 1. The van der Waals surface area contributed by atoms with Gasteiger partial charge in [-0.05, 0) is 18.2 Å². The molecule has 0 aliphatic heterocycles. The van der Waals surface area contributed by atoms with Crippen LogP contribution < -0.4 is 10.2 Å². The third-order valence-electron chi connectivity index (χ3n) is 3.11. The number of nitrogens with one attached hydrogen (secondary N) is 1. The van der Waals surface area contributed by atoms with Gasteiger partial charge < -0.3 is 10.2 Å². The quantitative estimate of drug-likeness (QED) is 0.877. The fraction of sp³-hybridized carbons (Fsp3) is 0.353. The molecule has 0 fully saturated rings. The van der Waals surface area contributed by atoms with Gasteiger partial charge in [0.25, 0.3) is 0 Å². The zero-order chi connectivity index (χ0) is 17.0. The van der Waals surface area contributed by atoms with Gasteiger partial charge in [-0.25, -0.2) is 4.98 Å². The van der Waals surface area contributed by atoms with Gasteiger partial charge in [0.1, 0.15) is 5.82 Å². The summed E-state index contributed by atoms with van der Waals surface area (Å²) < 4.78 is 4.36. The Balaban J connectivity index is 1.99. The molecule has 0 unspecified atom stereocenters. The zero-order valence-electron chi connectivity index (χ0n) is 13.8. The predicted octanol–water partition coefficient (Wildman–Crippen LogP) is 2.89. The second-order valence-corrected chi connectivity index (χ2v) is 7.01. The Bertz CT molecular complexity index is 740. The van der Waals surface area contributed by atoms with Crippen molar-refractivity contribution in [2.75, 3.05) is 23.8 Å². The maximum absolute atomic E-state index is 12.2. The smallest absolute Gasteiger partial charge is 0.243 e. The first kappa shape index (κ1) is 17.0. The Labute approximate surface area is 140 Å². The summed E-state index contributed by atoms with van der Waals surface area (Å²) in [6.07, 6.45) is 5.36. The van der Waals surface area contributed by atoms with Crippen molar-refractivity contribution in [2.24, 2.45) is 0 Å². The monoisotopic (exact) mass is 328 g/mol. The largest absolute Gasteiger partial charge is 0.341 e. The van der Waals surface area contributed by atoms with E-state index in [0.717, 1.165) is 16.5 Å². The van der Waals surface area contributed by atoms with E-state index in [2.05, 4.69) is 41.4 Å². The molecule has 0 saturated carbocycles. The van der Waals surface area contributed by atoms with Gasteiger partial charge in [0.05, 0.1) is 6.54 Å². The Morgan fingerprint density at radius 3 is 2.78 bits per heavy atom. The van der Waals surface area contributed by atoms with Gasteiger partial charge in [-0.3, -0.25) is 4.79 Å². The van der Waals surface area contributed by atoms with Gasteiger partial charge in [0.15, 0.2) is 0 Å². The molecule has 2 aromatic rings. The van der Waals surface area contributed by atoms with Crippen molar-refractivity contribution >= 4 is 28.3 Å². The molecule has 23 heavy (non-hydrogen) atoms. The number of anilines is 2. The Kier molecular flexibility index (Phi) is 5.02. The lowest BCUT2D eigenvalue weighted by atomic mass is 9.96. The van der Waals surface area contributed by atoms with Crippen LogP contribution in [-0.2, 0) is 10.2 Å².